The summed E-state index contributed by atoms with van der Waals surface area (Å²) in [5.41, 5.74) is 2.26. The number of hydrogen-bond donors (Lipinski definition) is 3. The zero-order valence-corrected chi connectivity index (χ0v) is 21.4. The molecule has 194 valence electrons. The molecule has 4 bridgehead atoms. The lowest BCUT2D eigenvalue weighted by molar-refractivity contribution is -0.163. The van der Waals surface area contributed by atoms with E-state index in [1.54, 1.807) is 0 Å². The summed E-state index contributed by atoms with van der Waals surface area (Å²) in [5, 5.41) is 24.6. The molecule has 2 atom stereocenters. The summed E-state index contributed by atoms with van der Waals surface area (Å²) < 4.78 is 2.31. The second kappa shape index (κ2) is 8.56. The molecule has 5 aliphatic rings. The number of aromatic nitrogens is 4. The number of H-pyrrole nitrogens is 1. The lowest BCUT2D eigenvalue weighted by atomic mass is 9.48. The van der Waals surface area contributed by atoms with Gasteiger partial charge in [0.1, 0.15) is 17.0 Å². The molecule has 5 aliphatic carbocycles. The van der Waals surface area contributed by atoms with E-state index >= 15 is 0 Å². The lowest BCUT2D eigenvalue weighted by Gasteiger charge is -2.60. The molecule has 3 aromatic rings. The van der Waals surface area contributed by atoms with E-state index in [-0.39, 0.29) is 23.8 Å². The van der Waals surface area contributed by atoms with Gasteiger partial charge in [0.2, 0.25) is 5.91 Å². The summed E-state index contributed by atoms with van der Waals surface area (Å²) in [6, 6.07) is 4.65. The number of carbonyl (C=O) groups excluding carboxylic acids is 1. The highest BCUT2D eigenvalue weighted by atomic mass is 16.3. The van der Waals surface area contributed by atoms with Crippen molar-refractivity contribution >= 4 is 28.0 Å². The third kappa shape index (κ3) is 4.03. The van der Waals surface area contributed by atoms with Gasteiger partial charge in [-0.1, -0.05) is 0 Å². The maximum Gasteiger partial charge on any atom is 0.227 e. The zero-order valence-electron chi connectivity index (χ0n) is 21.4. The second-order valence-electron chi connectivity index (χ2n) is 12.8. The van der Waals surface area contributed by atoms with Gasteiger partial charge in [-0.05, 0) is 93.4 Å². The minimum absolute atomic E-state index is 0.00993. The van der Waals surface area contributed by atoms with Crippen molar-refractivity contribution in [3.05, 3.63) is 24.3 Å². The van der Waals surface area contributed by atoms with E-state index in [2.05, 4.69) is 25.9 Å². The number of aliphatic hydroxyl groups is 1. The Hall–Kier alpha value is -2.92. The van der Waals surface area contributed by atoms with Crippen molar-refractivity contribution < 1.29 is 9.90 Å². The number of hydrogen-bond acceptors (Lipinski definition) is 5. The van der Waals surface area contributed by atoms with Gasteiger partial charge in [-0.3, -0.25) is 4.79 Å². The molecule has 3 aromatic heterocycles. The Balaban J connectivity index is 1.14. The maximum absolute atomic E-state index is 13.4. The van der Waals surface area contributed by atoms with Crippen molar-refractivity contribution in [2.45, 2.75) is 88.7 Å². The largest absolute Gasteiger partial charge is 0.390 e. The van der Waals surface area contributed by atoms with Gasteiger partial charge >= 0.3 is 0 Å². The number of nitrogens with one attached hydrogen (secondary N) is 2. The van der Waals surface area contributed by atoms with Crippen molar-refractivity contribution in [3.63, 3.8) is 0 Å². The SMILES string of the molecule is N#CCC1CCC(n2c(CC(=O)NCC34CC5CC(CC(O)(C5)C3)C4)nc3cnc4[nH]ccc4c32)CC1. The van der Waals surface area contributed by atoms with E-state index in [0.29, 0.717) is 30.7 Å². The smallest absolute Gasteiger partial charge is 0.227 e. The zero-order chi connectivity index (χ0) is 25.2. The normalized spacial score (nSPS) is 34.7. The number of pyridine rings is 1. The summed E-state index contributed by atoms with van der Waals surface area (Å²) in [6.45, 7) is 0.657. The minimum Gasteiger partial charge on any atom is -0.390 e. The molecule has 5 fully saturated rings. The van der Waals surface area contributed by atoms with Gasteiger partial charge in [-0.2, -0.15) is 5.26 Å². The van der Waals surface area contributed by atoms with Crippen molar-refractivity contribution in [3.8, 4) is 6.07 Å². The molecule has 0 saturated heterocycles. The average Bonchev–Trinajstić information content (AvgIpc) is 3.46. The van der Waals surface area contributed by atoms with Crippen molar-refractivity contribution in [1.82, 2.24) is 24.8 Å². The third-order valence-corrected chi connectivity index (χ3v) is 10.00. The quantitative estimate of drug-likeness (QED) is 0.459. The molecule has 0 radical (unpaired) electrons. The van der Waals surface area contributed by atoms with Crippen LogP contribution >= 0.6 is 0 Å². The molecule has 0 aliphatic heterocycles. The number of fused-ring (bicyclic) bond motifs is 3. The van der Waals surface area contributed by atoms with Gasteiger partial charge in [0.15, 0.2) is 0 Å². The van der Waals surface area contributed by atoms with Crippen LogP contribution in [0.15, 0.2) is 18.5 Å². The molecule has 3 N–H and O–H groups in total. The van der Waals surface area contributed by atoms with E-state index in [1.165, 1.54) is 6.42 Å². The van der Waals surface area contributed by atoms with Crippen molar-refractivity contribution in [2.24, 2.45) is 23.2 Å². The molecule has 8 heteroatoms. The van der Waals surface area contributed by atoms with Gasteiger partial charge in [-0.25, -0.2) is 9.97 Å². The molecule has 1 amide bonds. The number of rotatable bonds is 6. The Bertz CT molecular complexity index is 1380. The maximum atomic E-state index is 13.4. The first-order chi connectivity index (χ1) is 17.9. The minimum atomic E-state index is -0.512. The number of nitriles is 1. The Kier molecular flexibility index (Phi) is 5.37. The average molecular weight is 501 g/mol. The van der Waals surface area contributed by atoms with Crippen LogP contribution in [-0.2, 0) is 11.2 Å². The summed E-state index contributed by atoms with van der Waals surface area (Å²) in [5.74, 6) is 2.50. The van der Waals surface area contributed by atoms with E-state index in [1.807, 2.05) is 18.5 Å². The summed E-state index contributed by atoms with van der Waals surface area (Å²) in [6.07, 6.45) is 14.9. The lowest BCUT2D eigenvalue weighted by Crippen LogP contribution is -2.58. The van der Waals surface area contributed by atoms with Crippen LogP contribution < -0.4 is 5.32 Å². The fraction of sp³-hybridized carbons (Fsp3) is 0.655. The van der Waals surface area contributed by atoms with Crippen LogP contribution in [0.1, 0.15) is 82.5 Å². The molecular formula is C29H36N6O2. The predicted molar refractivity (Wildman–Crippen MR) is 139 cm³/mol. The number of carbonyl (C=O) groups is 1. The third-order valence-electron chi connectivity index (χ3n) is 10.00. The molecule has 5 saturated carbocycles. The van der Waals surface area contributed by atoms with Gasteiger partial charge in [0.05, 0.1) is 29.8 Å². The van der Waals surface area contributed by atoms with E-state index in [0.717, 1.165) is 85.7 Å². The van der Waals surface area contributed by atoms with Gasteiger partial charge in [0, 0.05) is 30.6 Å². The highest BCUT2D eigenvalue weighted by Crippen LogP contribution is 2.61. The first kappa shape index (κ1) is 23.2. The molecular weight excluding hydrogens is 464 g/mol. The monoisotopic (exact) mass is 500 g/mol. The Morgan fingerprint density at radius 2 is 2.00 bits per heavy atom. The van der Waals surface area contributed by atoms with Crippen LogP contribution in [0, 0.1) is 34.5 Å². The fourth-order valence-corrected chi connectivity index (χ4v) is 9.00. The van der Waals surface area contributed by atoms with Gasteiger partial charge in [0.25, 0.3) is 0 Å². The summed E-state index contributed by atoms with van der Waals surface area (Å²) in [4.78, 5) is 26.1. The predicted octanol–water partition coefficient (Wildman–Crippen LogP) is 4.55. The highest BCUT2D eigenvalue weighted by Gasteiger charge is 2.57. The Morgan fingerprint density at radius 1 is 1.22 bits per heavy atom. The highest BCUT2D eigenvalue weighted by molar-refractivity contribution is 6.01. The summed E-state index contributed by atoms with van der Waals surface area (Å²) in [7, 11) is 0. The molecule has 0 aromatic carbocycles. The number of aromatic amines is 1. The topological polar surface area (TPSA) is 120 Å². The van der Waals surface area contributed by atoms with E-state index in [4.69, 9.17) is 10.2 Å². The van der Waals surface area contributed by atoms with Crippen LogP contribution in [-0.4, -0.2) is 42.7 Å². The van der Waals surface area contributed by atoms with Crippen LogP contribution in [0.3, 0.4) is 0 Å². The first-order valence-corrected chi connectivity index (χ1v) is 14.1. The number of amides is 1. The molecule has 0 spiro atoms. The van der Waals surface area contributed by atoms with Crippen LogP contribution in [0.5, 0.6) is 0 Å². The van der Waals surface area contributed by atoms with E-state index in [9.17, 15) is 9.90 Å². The van der Waals surface area contributed by atoms with Crippen LogP contribution in [0.2, 0.25) is 0 Å². The molecule has 8 rings (SSSR count). The van der Waals surface area contributed by atoms with Crippen molar-refractivity contribution in [2.75, 3.05) is 6.54 Å². The van der Waals surface area contributed by atoms with Crippen LogP contribution in [0.25, 0.3) is 22.1 Å². The molecule has 37 heavy (non-hydrogen) atoms. The van der Waals surface area contributed by atoms with Crippen LogP contribution in [0.4, 0.5) is 0 Å². The molecule has 8 nitrogen and oxygen atoms in total. The van der Waals surface area contributed by atoms with E-state index < -0.39 is 5.60 Å². The Morgan fingerprint density at radius 3 is 2.73 bits per heavy atom. The molecule has 3 heterocycles. The first-order valence-electron chi connectivity index (χ1n) is 14.1. The number of imidazole rings is 1. The second-order valence-corrected chi connectivity index (χ2v) is 12.8. The van der Waals surface area contributed by atoms with Gasteiger partial charge < -0.3 is 20.0 Å². The van der Waals surface area contributed by atoms with Gasteiger partial charge in [-0.15, -0.1) is 0 Å². The standard InChI is InChI=1S/C29H36N6O2/c30-7-5-18-1-3-21(4-2-18)35-24(34-23-15-32-27-22(26(23)35)6-8-31-27)10-25(36)33-17-28-11-19-9-20(12-28)14-29(37,13-19)16-28/h6,8,15,18-21,37H,1-5,9-14,16-17H2,(H,31,32)(H,33,36). The molecule has 2 unspecified atom stereocenters. The number of nitrogens with zero attached hydrogens (tertiary/aromatic N) is 4. The van der Waals surface area contributed by atoms with Crippen molar-refractivity contribution in [1.29, 1.82) is 5.26 Å². The fourth-order valence-electron chi connectivity index (χ4n) is 9.00. The summed E-state index contributed by atoms with van der Waals surface area (Å²) >= 11 is 0. The Labute approximate surface area is 216 Å².